The van der Waals surface area contributed by atoms with Crippen LogP contribution in [0.1, 0.15) is 25.7 Å². The molecule has 1 aliphatic carbocycles. The third-order valence-corrected chi connectivity index (χ3v) is 3.79. The quantitative estimate of drug-likeness (QED) is 0.763. The molecule has 2 aliphatic rings. The molecule has 0 bridgehead atoms. The van der Waals surface area contributed by atoms with Crippen LogP contribution in [-0.2, 0) is 4.74 Å². The van der Waals surface area contributed by atoms with Crippen LogP contribution < -0.4 is 5.73 Å². The van der Waals surface area contributed by atoms with Crippen molar-refractivity contribution in [2.24, 2.45) is 11.7 Å². The SMILES string of the molecule is COC1CCCN(CC(N)(C#N)C2CC2)C1. The van der Waals surface area contributed by atoms with Gasteiger partial charge in [-0.15, -0.1) is 0 Å². The zero-order chi connectivity index (χ0) is 11.6. The Bertz CT molecular complexity index is 284. The Labute approximate surface area is 97.3 Å². The van der Waals surface area contributed by atoms with E-state index in [0.717, 1.165) is 38.8 Å². The molecular formula is C12H21N3O. The van der Waals surface area contributed by atoms with Gasteiger partial charge >= 0.3 is 0 Å². The summed E-state index contributed by atoms with van der Waals surface area (Å²) < 4.78 is 5.38. The number of hydrogen-bond donors (Lipinski definition) is 1. The molecule has 1 saturated carbocycles. The first-order valence-electron chi connectivity index (χ1n) is 6.13. The van der Waals surface area contributed by atoms with Gasteiger partial charge in [-0.25, -0.2) is 0 Å². The fourth-order valence-corrected chi connectivity index (χ4v) is 2.57. The van der Waals surface area contributed by atoms with Gasteiger partial charge in [-0.1, -0.05) is 0 Å². The lowest BCUT2D eigenvalue weighted by Crippen LogP contribution is -2.54. The molecule has 2 rings (SSSR count). The minimum atomic E-state index is -0.629. The summed E-state index contributed by atoms with van der Waals surface area (Å²) in [6.07, 6.45) is 4.82. The highest BCUT2D eigenvalue weighted by molar-refractivity contribution is 5.14. The van der Waals surface area contributed by atoms with Gasteiger partial charge in [0.2, 0.25) is 0 Å². The average Bonchev–Trinajstić information content (AvgIpc) is 3.13. The molecule has 0 amide bonds. The van der Waals surface area contributed by atoms with Crippen LogP contribution in [0.2, 0.25) is 0 Å². The first kappa shape index (κ1) is 11.8. The molecule has 2 N–H and O–H groups in total. The lowest BCUT2D eigenvalue weighted by atomic mass is 9.94. The largest absolute Gasteiger partial charge is 0.380 e. The van der Waals surface area contributed by atoms with Crippen LogP contribution in [-0.4, -0.2) is 43.3 Å². The minimum absolute atomic E-state index is 0.316. The molecule has 1 saturated heterocycles. The van der Waals surface area contributed by atoms with E-state index in [1.165, 1.54) is 0 Å². The van der Waals surface area contributed by atoms with E-state index in [4.69, 9.17) is 10.5 Å². The van der Waals surface area contributed by atoms with Crippen LogP contribution >= 0.6 is 0 Å². The molecule has 0 aromatic heterocycles. The number of methoxy groups -OCH3 is 1. The van der Waals surface area contributed by atoms with Gasteiger partial charge in [0.15, 0.2) is 0 Å². The summed E-state index contributed by atoms with van der Waals surface area (Å²) in [5, 5.41) is 9.22. The molecule has 2 fully saturated rings. The predicted molar refractivity (Wildman–Crippen MR) is 61.7 cm³/mol. The average molecular weight is 223 g/mol. The predicted octanol–water partition coefficient (Wildman–Crippen LogP) is 0.728. The lowest BCUT2D eigenvalue weighted by molar-refractivity contribution is 0.0254. The Hall–Kier alpha value is -0.630. The van der Waals surface area contributed by atoms with E-state index in [1.807, 2.05) is 0 Å². The van der Waals surface area contributed by atoms with Crippen LogP contribution in [0.5, 0.6) is 0 Å². The van der Waals surface area contributed by atoms with Gasteiger partial charge in [0.25, 0.3) is 0 Å². The lowest BCUT2D eigenvalue weighted by Gasteiger charge is -2.36. The number of nitriles is 1. The van der Waals surface area contributed by atoms with Crippen LogP contribution in [0, 0.1) is 17.2 Å². The van der Waals surface area contributed by atoms with Gasteiger partial charge in [-0.05, 0) is 38.1 Å². The van der Waals surface area contributed by atoms with Crippen LogP contribution in [0.4, 0.5) is 0 Å². The van der Waals surface area contributed by atoms with E-state index < -0.39 is 5.54 Å². The summed E-state index contributed by atoms with van der Waals surface area (Å²) in [6, 6.07) is 2.32. The first-order chi connectivity index (χ1) is 7.68. The minimum Gasteiger partial charge on any atom is -0.380 e. The highest BCUT2D eigenvalue weighted by Gasteiger charge is 2.44. The van der Waals surface area contributed by atoms with Gasteiger partial charge in [0.05, 0.1) is 12.2 Å². The maximum atomic E-state index is 9.22. The molecule has 4 heteroatoms. The molecule has 1 heterocycles. The maximum Gasteiger partial charge on any atom is 0.119 e. The van der Waals surface area contributed by atoms with Gasteiger partial charge in [0, 0.05) is 20.2 Å². The summed E-state index contributed by atoms with van der Waals surface area (Å²) >= 11 is 0. The van der Waals surface area contributed by atoms with Crippen molar-refractivity contribution in [3.8, 4) is 6.07 Å². The van der Waals surface area contributed by atoms with Crippen molar-refractivity contribution in [3.63, 3.8) is 0 Å². The number of ether oxygens (including phenoxy) is 1. The second-order valence-electron chi connectivity index (χ2n) is 5.16. The Morgan fingerprint density at radius 2 is 2.25 bits per heavy atom. The molecule has 0 aromatic carbocycles. The fraction of sp³-hybridized carbons (Fsp3) is 0.917. The second-order valence-corrected chi connectivity index (χ2v) is 5.16. The Balaban J connectivity index is 1.90. The van der Waals surface area contributed by atoms with E-state index in [1.54, 1.807) is 7.11 Å². The van der Waals surface area contributed by atoms with Gasteiger partial charge < -0.3 is 10.5 Å². The van der Waals surface area contributed by atoms with Crippen molar-refractivity contribution in [2.45, 2.75) is 37.3 Å². The van der Waals surface area contributed by atoms with Crippen molar-refractivity contribution < 1.29 is 4.74 Å². The Kier molecular flexibility index (Phi) is 3.48. The standard InChI is InChI=1S/C12H21N3O/c1-16-11-3-2-6-15(7-11)9-12(14,8-13)10-4-5-10/h10-11H,2-7,9,14H2,1H3. The highest BCUT2D eigenvalue weighted by Crippen LogP contribution is 2.38. The maximum absolute atomic E-state index is 9.22. The number of hydrogen-bond acceptors (Lipinski definition) is 4. The first-order valence-corrected chi connectivity index (χ1v) is 6.13. The topological polar surface area (TPSA) is 62.3 Å². The number of nitrogens with zero attached hydrogens (tertiary/aromatic N) is 2. The summed E-state index contributed by atoms with van der Waals surface area (Å²) in [7, 11) is 1.76. The third kappa shape index (κ3) is 2.54. The molecule has 2 unspecified atom stereocenters. The molecular weight excluding hydrogens is 202 g/mol. The van der Waals surface area contributed by atoms with Crippen molar-refractivity contribution in [3.05, 3.63) is 0 Å². The zero-order valence-corrected chi connectivity index (χ0v) is 9.98. The molecule has 16 heavy (non-hydrogen) atoms. The van der Waals surface area contributed by atoms with Crippen LogP contribution in [0.3, 0.4) is 0 Å². The molecule has 2 atom stereocenters. The van der Waals surface area contributed by atoms with Crippen molar-refractivity contribution in [1.82, 2.24) is 4.90 Å². The Morgan fingerprint density at radius 1 is 1.50 bits per heavy atom. The normalized spacial score (nSPS) is 30.7. The number of piperidine rings is 1. The van der Waals surface area contributed by atoms with Gasteiger partial charge in [-0.2, -0.15) is 5.26 Å². The van der Waals surface area contributed by atoms with E-state index in [2.05, 4.69) is 11.0 Å². The van der Waals surface area contributed by atoms with E-state index in [0.29, 0.717) is 18.6 Å². The van der Waals surface area contributed by atoms with E-state index in [-0.39, 0.29) is 0 Å². The fourth-order valence-electron chi connectivity index (χ4n) is 2.57. The van der Waals surface area contributed by atoms with E-state index in [9.17, 15) is 5.26 Å². The molecule has 0 aromatic rings. The van der Waals surface area contributed by atoms with Crippen LogP contribution in [0.25, 0.3) is 0 Å². The van der Waals surface area contributed by atoms with Crippen LogP contribution in [0.15, 0.2) is 0 Å². The molecule has 1 aliphatic heterocycles. The summed E-state index contributed by atoms with van der Waals surface area (Å²) in [5.74, 6) is 0.417. The molecule has 4 nitrogen and oxygen atoms in total. The van der Waals surface area contributed by atoms with Gasteiger partial charge in [-0.3, -0.25) is 4.90 Å². The van der Waals surface area contributed by atoms with E-state index >= 15 is 0 Å². The van der Waals surface area contributed by atoms with Gasteiger partial charge in [0.1, 0.15) is 5.54 Å². The monoisotopic (exact) mass is 223 g/mol. The highest BCUT2D eigenvalue weighted by atomic mass is 16.5. The number of likely N-dealkylation sites (tertiary alicyclic amines) is 1. The van der Waals surface area contributed by atoms with Crippen molar-refractivity contribution >= 4 is 0 Å². The molecule has 90 valence electrons. The summed E-state index contributed by atoms with van der Waals surface area (Å²) in [5.41, 5.74) is 5.55. The Morgan fingerprint density at radius 3 is 2.81 bits per heavy atom. The second kappa shape index (κ2) is 4.70. The smallest absolute Gasteiger partial charge is 0.119 e. The molecule has 0 radical (unpaired) electrons. The zero-order valence-electron chi connectivity index (χ0n) is 9.98. The third-order valence-electron chi connectivity index (χ3n) is 3.79. The number of nitrogens with two attached hydrogens (primary N) is 1. The van der Waals surface area contributed by atoms with Crippen molar-refractivity contribution in [2.75, 3.05) is 26.7 Å². The molecule has 0 spiro atoms. The number of rotatable bonds is 4. The summed E-state index contributed by atoms with van der Waals surface area (Å²) in [4.78, 5) is 2.29. The summed E-state index contributed by atoms with van der Waals surface area (Å²) in [6.45, 7) is 2.67. The van der Waals surface area contributed by atoms with Crippen molar-refractivity contribution in [1.29, 1.82) is 5.26 Å².